The summed E-state index contributed by atoms with van der Waals surface area (Å²) in [5.74, 6) is 0.0762. The number of carbonyl (C=O) groups is 1. The molecule has 0 fully saturated rings. The fraction of sp³-hybridized carbons (Fsp3) is 0.152. The van der Waals surface area contributed by atoms with Crippen LogP contribution in [0.2, 0.25) is 0 Å². The van der Waals surface area contributed by atoms with Crippen LogP contribution in [0.15, 0.2) is 140 Å². The zero-order valence-corrected chi connectivity index (χ0v) is 30.2. The van der Waals surface area contributed by atoms with Crippen molar-refractivity contribution < 1.29 is 14.3 Å². The molecule has 0 N–H and O–H groups in total. The van der Waals surface area contributed by atoms with Crippen molar-refractivity contribution in [2.75, 3.05) is 16.6 Å². The van der Waals surface area contributed by atoms with Crippen molar-refractivity contribution in [1.82, 2.24) is 0 Å². The van der Waals surface area contributed by atoms with Gasteiger partial charge < -0.3 is 19.3 Å². The van der Waals surface area contributed by atoms with Crippen LogP contribution in [0, 0.1) is 41.5 Å². The third-order valence-electron chi connectivity index (χ3n) is 9.05. The number of carbonyl (C=O) groups excluding carboxylic acids is 1. The molecule has 0 aromatic heterocycles. The number of hydrogen-bond donors (Lipinski definition) is 0. The van der Waals surface area contributed by atoms with Gasteiger partial charge in [-0.25, -0.2) is 4.79 Å². The molecular weight excluding hydrogens is 629 g/mol. The number of anilines is 6. The molecule has 0 saturated heterocycles. The second-order valence-corrected chi connectivity index (χ2v) is 13.1. The molecule has 0 heterocycles. The molecule has 0 amide bonds. The predicted octanol–water partition coefficient (Wildman–Crippen LogP) is 12.2. The van der Waals surface area contributed by atoms with Gasteiger partial charge in [-0.2, -0.15) is 0 Å². The van der Waals surface area contributed by atoms with Crippen molar-refractivity contribution in [3.63, 3.8) is 0 Å². The van der Waals surface area contributed by atoms with Crippen molar-refractivity contribution in [1.29, 1.82) is 0 Å². The minimum atomic E-state index is -0.524. The quantitative estimate of drug-likeness (QED) is 0.0778. The average Bonchev–Trinajstić information content (AvgIpc) is 3.12. The van der Waals surface area contributed by atoms with Gasteiger partial charge in [-0.15, -0.1) is 0 Å². The van der Waals surface area contributed by atoms with Gasteiger partial charge in [-0.3, -0.25) is 0 Å². The molecule has 0 saturated carbocycles. The number of ether oxygens (including phenoxy) is 2. The van der Waals surface area contributed by atoms with E-state index in [0.717, 1.165) is 40.0 Å². The van der Waals surface area contributed by atoms with E-state index in [4.69, 9.17) is 9.47 Å². The summed E-state index contributed by atoms with van der Waals surface area (Å²) >= 11 is 0. The van der Waals surface area contributed by atoms with Crippen LogP contribution in [-0.2, 0) is 9.53 Å². The van der Waals surface area contributed by atoms with E-state index in [-0.39, 0.29) is 6.79 Å². The summed E-state index contributed by atoms with van der Waals surface area (Å²) in [5.41, 5.74) is 16.2. The van der Waals surface area contributed by atoms with E-state index in [0.29, 0.717) is 5.75 Å². The van der Waals surface area contributed by atoms with Crippen LogP contribution in [0.1, 0.15) is 33.4 Å². The predicted molar refractivity (Wildman–Crippen MR) is 211 cm³/mol. The van der Waals surface area contributed by atoms with Crippen molar-refractivity contribution in [3.05, 3.63) is 173 Å². The maximum Gasteiger partial charge on any atom is 0.333 e. The first-order chi connectivity index (χ1) is 24.6. The monoisotopic (exact) mass is 672 g/mol. The summed E-state index contributed by atoms with van der Waals surface area (Å²) in [5, 5.41) is 0. The second kappa shape index (κ2) is 15.2. The Balaban J connectivity index is 1.31. The standard InChI is InChI=1S/C46H44N2O3/c1-8-46(49)51-30-50-42-22-20-40(21-23-42)47(43-24-9-31(2)27-34(43)5)39-16-12-37(13-17-39)38-14-18-41(19-15-38)48(44-25-10-32(3)28-35(44)6)45-26-11-33(4)29-36(45)7/h8-29H,1,30H2,2-7H3. The topological polar surface area (TPSA) is 42.0 Å². The van der Waals surface area contributed by atoms with Gasteiger partial charge in [-0.05, 0) is 136 Å². The molecule has 51 heavy (non-hydrogen) atoms. The minimum Gasteiger partial charge on any atom is -0.457 e. The number of aryl methyl sites for hydroxylation is 6. The Morgan fingerprint density at radius 2 is 0.902 bits per heavy atom. The highest BCUT2D eigenvalue weighted by atomic mass is 16.7. The normalized spacial score (nSPS) is 10.8. The lowest BCUT2D eigenvalue weighted by atomic mass is 10.0. The first-order valence-corrected chi connectivity index (χ1v) is 17.2. The molecule has 5 heteroatoms. The SMILES string of the molecule is C=CC(=O)OCOc1ccc(N(c2ccc(-c3ccc(N(c4ccc(C)cc4C)c4ccc(C)cc4C)cc3)cc2)c2ccc(C)cc2C)cc1. The van der Waals surface area contributed by atoms with E-state index in [9.17, 15) is 4.79 Å². The number of benzene rings is 6. The van der Waals surface area contributed by atoms with E-state index in [1.54, 1.807) is 0 Å². The third-order valence-corrected chi connectivity index (χ3v) is 9.05. The van der Waals surface area contributed by atoms with Gasteiger partial charge >= 0.3 is 5.97 Å². The smallest absolute Gasteiger partial charge is 0.333 e. The molecule has 0 atom stereocenters. The molecule has 6 aromatic rings. The average molecular weight is 673 g/mol. The molecule has 0 bridgehead atoms. The Kier molecular flexibility index (Phi) is 10.4. The van der Waals surface area contributed by atoms with E-state index in [1.807, 2.05) is 24.3 Å². The fourth-order valence-electron chi connectivity index (χ4n) is 6.52. The molecule has 0 aliphatic rings. The first kappa shape index (κ1) is 34.8. The van der Waals surface area contributed by atoms with Crippen molar-refractivity contribution in [2.24, 2.45) is 0 Å². The molecule has 6 rings (SSSR count). The first-order valence-electron chi connectivity index (χ1n) is 17.2. The Morgan fingerprint density at radius 1 is 0.529 bits per heavy atom. The van der Waals surface area contributed by atoms with Crippen molar-refractivity contribution in [3.8, 4) is 16.9 Å². The van der Waals surface area contributed by atoms with Crippen LogP contribution in [0.4, 0.5) is 34.1 Å². The Hall–Kier alpha value is -6.07. The summed E-state index contributed by atoms with van der Waals surface area (Å²) in [7, 11) is 0. The Morgan fingerprint density at radius 3 is 1.29 bits per heavy atom. The zero-order chi connectivity index (χ0) is 36.1. The lowest BCUT2D eigenvalue weighted by Crippen LogP contribution is -2.13. The molecule has 256 valence electrons. The number of nitrogens with zero attached hydrogens (tertiary/aromatic N) is 2. The largest absolute Gasteiger partial charge is 0.457 e. The van der Waals surface area contributed by atoms with E-state index < -0.39 is 5.97 Å². The summed E-state index contributed by atoms with van der Waals surface area (Å²) in [4.78, 5) is 16.0. The summed E-state index contributed by atoms with van der Waals surface area (Å²) in [6, 6.07) is 45.1. The molecule has 6 aromatic carbocycles. The molecule has 0 spiro atoms. The lowest BCUT2D eigenvalue weighted by molar-refractivity contribution is -0.144. The maximum absolute atomic E-state index is 11.4. The maximum atomic E-state index is 11.4. The molecule has 5 nitrogen and oxygen atoms in total. The van der Waals surface area contributed by atoms with Crippen LogP contribution in [-0.4, -0.2) is 12.8 Å². The van der Waals surface area contributed by atoms with E-state index in [2.05, 4.69) is 161 Å². The summed E-state index contributed by atoms with van der Waals surface area (Å²) < 4.78 is 10.6. The number of hydrogen-bond acceptors (Lipinski definition) is 5. The highest BCUT2D eigenvalue weighted by Crippen LogP contribution is 2.41. The Bertz CT molecular complexity index is 2120. The van der Waals surface area contributed by atoms with Crippen molar-refractivity contribution in [2.45, 2.75) is 41.5 Å². The molecular formula is C46H44N2O3. The van der Waals surface area contributed by atoms with Gasteiger partial charge in [-0.1, -0.05) is 83.9 Å². The zero-order valence-electron chi connectivity index (χ0n) is 30.2. The van der Waals surface area contributed by atoms with Gasteiger partial charge in [0.1, 0.15) is 5.75 Å². The summed E-state index contributed by atoms with van der Waals surface area (Å²) in [6.45, 7) is 16.1. The van der Waals surface area contributed by atoms with Crippen molar-refractivity contribution >= 4 is 40.1 Å². The third kappa shape index (κ3) is 7.89. The highest BCUT2D eigenvalue weighted by molar-refractivity contribution is 5.83. The summed E-state index contributed by atoms with van der Waals surface area (Å²) in [6.07, 6.45) is 1.11. The van der Waals surface area contributed by atoms with Gasteiger partial charge in [0.05, 0.1) is 0 Å². The fourth-order valence-corrected chi connectivity index (χ4v) is 6.52. The lowest BCUT2D eigenvalue weighted by Gasteiger charge is -2.29. The van der Waals surface area contributed by atoms with Crippen LogP contribution in [0.25, 0.3) is 11.1 Å². The van der Waals surface area contributed by atoms with Crippen LogP contribution < -0.4 is 14.5 Å². The van der Waals surface area contributed by atoms with Crippen LogP contribution in [0.3, 0.4) is 0 Å². The highest BCUT2D eigenvalue weighted by Gasteiger charge is 2.18. The number of rotatable bonds is 11. The van der Waals surface area contributed by atoms with Gasteiger partial charge in [0.25, 0.3) is 0 Å². The minimum absolute atomic E-state index is 0.178. The van der Waals surface area contributed by atoms with E-state index in [1.165, 1.54) is 44.8 Å². The van der Waals surface area contributed by atoms with Gasteiger partial charge in [0.2, 0.25) is 6.79 Å². The van der Waals surface area contributed by atoms with Gasteiger partial charge in [0, 0.05) is 40.2 Å². The molecule has 0 unspecified atom stereocenters. The Labute approximate surface area is 302 Å². The molecule has 0 aliphatic heterocycles. The molecule has 0 aliphatic carbocycles. The second-order valence-electron chi connectivity index (χ2n) is 13.1. The van der Waals surface area contributed by atoms with E-state index >= 15 is 0 Å². The van der Waals surface area contributed by atoms with Crippen LogP contribution in [0.5, 0.6) is 5.75 Å². The molecule has 0 radical (unpaired) electrons. The van der Waals surface area contributed by atoms with Crippen LogP contribution >= 0.6 is 0 Å². The number of esters is 1. The van der Waals surface area contributed by atoms with Gasteiger partial charge in [0.15, 0.2) is 0 Å².